The minimum atomic E-state index is -0.834. The fraction of sp³-hybridized carbons (Fsp3) is 0.308. The van der Waals surface area contributed by atoms with Crippen molar-refractivity contribution < 1.29 is 32.9 Å². The largest absolute Gasteiger partial charge is 0.493 e. The highest BCUT2D eigenvalue weighted by atomic mass is 32.1. The van der Waals surface area contributed by atoms with Gasteiger partial charge in [-0.15, -0.1) is 6.58 Å². The van der Waals surface area contributed by atoms with Gasteiger partial charge in [0.1, 0.15) is 12.4 Å². The Bertz CT molecular complexity index is 2120. The van der Waals surface area contributed by atoms with Gasteiger partial charge in [0.15, 0.2) is 27.8 Å². The second-order valence-electron chi connectivity index (χ2n) is 11.7. The van der Waals surface area contributed by atoms with E-state index in [0.29, 0.717) is 67.7 Å². The number of fused-ring (bicyclic) bond motifs is 1. The summed E-state index contributed by atoms with van der Waals surface area (Å²) in [4.78, 5) is 32.8. The number of allylic oxidation sites excluding steroid dienone is 2. The van der Waals surface area contributed by atoms with Crippen LogP contribution in [0, 0.1) is 5.82 Å². The first-order valence-corrected chi connectivity index (χ1v) is 17.2. The highest BCUT2D eigenvalue weighted by Gasteiger charge is 2.34. The van der Waals surface area contributed by atoms with Gasteiger partial charge in [-0.25, -0.2) is 14.2 Å². The van der Waals surface area contributed by atoms with Crippen molar-refractivity contribution in [3.8, 4) is 23.0 Å². The highest BCUT2D eigenvalue weighted by molar-refractivity contribution is 7.07. The number of methoxy groups -OCH3 is 1. The van der Waals surface area contributed by atoms with E-state index in [1.807, 2.05) is 32.9 Å². The van der Waals surface area contributed by atoms with Crippen LogP contribution in [-0.4, -0.2) is 37.0 Å². The van der Waals surface area contributed by atoms with E-state index in [0.717, 1.165) is 5.56 Å². The first-order valence-electron chi connectivity index (χ1n) is 16.4. The summed E-state index contributed by atoms with van der Waals surface area (Å²) in [7, 11) is 1.54. The normalized spacial score (nSPS) is 14.2. The lowest BCUT2D eigenvalue weighted by Crippen LogP contribution is -2.40. The van der Waals surface area contributed by atoms with Crippen LogP contribution < -0.4 is 33.8 Å². The van der Waals surface area contributed by atoms with Gasteiger partial charge in [-0.05, 0) is 88.6 Å². The molecule has 4 aromatic rings. The molecule has 1 aliphatic heterocycles. The van der Waals surface area contributed by atoms with Gasteiger partial charge in [0.05, 0.1) is 48.3 Å². The van der Waals surface area contributed by atoms with E-state index in [-0.39, 0.29) is 36.3 Å². The Balaban J connectivity index is 1.65. The zero-order chi connectivity index (χ0) is 35.9. The second kappa shape index (κ2) is 16.0. The Hall–Kier alpha value is -5.16. The summed E-state index contributed by atoms with van der Waals surface area (Å²) in [6, 6.07) is 14.6. The van der Waals surface area contributed by atoms with E-state index < -0.39 is 12.0 Å². The number of rotatable bonds is 14. The van der Waals surface area contributed by atoms with Crippen LogP contribution in [0.3, 0.4) is 0 Å². The van der Waals surface area contributed by atoms with Crippen LogP contribution in [0.5, 0.6) is 23.0 Å². The van der Waals surface area contributed by atoms with E-state index in [1.165, 1.54) is 22.0 Å². The van der Waals surface area contributed by atoms with Crippen LogP contribution in [0.25, 0.3) is 6.08 Å². The summed E-state index contributed by atoms with van der Waals surface area (Å²) in [5.74, 6) is 1.01. The quantitative estimate of drug-likeness (QED) is 0.110. The van der Waals surface area contributed by atoms with Crippen LogP contribution in [0.4, 0.5) is 4.39 Å². The molecule has 50 heavy (non-hydrogen) atoms. The molecule has 0 unspecified atom stereocenters. The minimum Gasteiger partial charge on any atom is -0.493 e. The zero-order valence-electron chi connectivity index (χ0n) is 29.1. The molecule has 11 heteroatoms. The highest BCUT2D eigenvalue weighted by Crippen LogP contribution is 2.37. The van der Waals surface area contributed by atoms with Crippen LogP contribution in [-0.2, 0) is 22.6 Å². The number of ether oxygens (including phenoxy) is 5. The van der Waals surface area contributed by atoms with Gasteiger partial charge in [0, 0.05) is 11.1 Å². The van der Waals surface area contributed by atoms with E-state index in [4.69, 9.17) is 28.7 Å². The molecule has 0 spiro atoms. The minimum absolute atomic E-state index is 0.00630. The van der Waals surface area contributed by atoms with Crippen LogP contribution in [0.2, 0.25) is 0 Å². The summed E-state index contributed by atoms with van der Waals surface area (Å²) in [6.07, 6.45) is 3.85. The van der Waals surface area contributed by atoms with Crippen LogP contribution in [0.15, 0.2) is 88.3 Å². The maximum absolute atomic E-state index is 14.4. The van der Waals surface area contributed by atoms with Crippen LogP contribution >= 0.6 is 11.3 Å². The van der Waals surface area contributed by atoms with Crippen molar-refractivity contribution in [2.24, 2.45) is 4.99 Å². The lowest BCUT2D eigenvalue weighted by atomic mass is 9.95. The van der Waals surface area contributed by atoms with Crippen molar-refractivity contribution in [2.75, 3.05) is 20.3 Å². The van der Waals surface area contributed by atoms with Gasteiger partial charge in [0.25, 0.3) is 5.56 Å². The molecule has 9 nitrogen and oxygen atoms in total. The van der Waals surface area contributed by atoms with E-state index in [2.05, 4.69) is 6.58 Å². The number of halogens is 1. The molecule has 0 bridgehead atoms. The van der Waals surface area contributed by atoms with Crippen molar-refractivity contribution in [2.45, 2.75) is 59.8 Å². The monoisotopic (exact) mass is 700 g/mol. The van der Waals surface area contributed by atoms with Crippen molar-refractivity contribution >= 4 is 23.4 Å². The number of carbonyl (C=O) groups is 1. The van der Waals surface area contributed by atoms with Gasteiger partial charge in [-0.1, -0.05) is 41.7 Å². The standard InChI is InChI=1S/C39H41FN2O7S/c1-8-13-27-18-25(19-32(46-9-2)36(27)48-22-28-14-11-12-15-29(28)40)20-33-37(43)42-35(26-16-17-30(49-23(4)5)31(21-26)45-7)34(38(44)47-10-3)24(6)41-39(42)50-33/h8,11-12,14-21,23,35H,1,9-10,13,22H2,2-7H3/b33-20-/t35-/m0/s1. The number of aromatic nitrogens is 1. The summed E-state index contributed by atoms with van der Waals surface area (Å²) in [5, 5.41) is 0. The van der Waals surface area contributed by atoms with Gasteiger partial charge < -0.3 is 23.7 Å². The topological polar surface area (TPSA) is 97.6 Å². The first kappa shape index (κ1) is 36.1. The third-order valence-corrected chi connectivity index (χ3v) is 8.81. The Morgan fingerprint density at radius 3 is 2.50 bits per heavy atom. The van der Waals surface area contributed by atoms with Crippen molar-refractivity contribution in [3.05, 3.63) is 126 Å². The van der Waals surface area contributed by atoms with Gasteiger partial charge >= 0.3 is 5.97 Å². The molecule has 262 valence electrons. The third kappa shape index (κ3) is 7.68. The van der Waals surface area contributed by atoms with Crippen molar-refractivity contribution in [3.63, 3.8) is 0 Å². The predicted molar refractivity (Wildman–Crippen MR) is 191 cm³/mol. The number of hydrogen-bond donors (Lipinski definition) is 0. The number of nitrogens with zero attached hydrogens (tertiary/aromatic N) is 2. The molecule has 0 saturated carbocycles. The van der Waals surface area contributed by atoms with Crippen LogP contribution in [0.1, 0.15) is 62.9 Å². The number of hydrogen-bond acceptors (Lipinski definition) is 9. The average molecular weight is 701 g/mol. The molecule has 0 fully saturated rings. The number of carbonyl (C=O) groups excluding carboxylic acids is 1. The lowest BCUT2D eigenvalue weighted by Gasteiger charge is -2.25. The summed E-state index contributed by atoms with van der Waals surface area (Å²) in [6.45, 7) is 13.6. The molecule has 0 radical (unpaired) electrons. The molecule has 0 aliphatic carbocycles. The van der Waals surface area contributed by atoms with E-state index >= 15 is 0 Å². The lowest BCUT2D eigenvalue weighted by molar-refractivity contribution is -0.139. The molecule has 1 aliphatic rings. The third-order valence-electron chi connectivity index (χ3n) is 7.83. The van der Waals surface area contributed by atoms with E-state index in [1.54, 1.807) is 69.5 Å². The summed E-state index contributed by atoms with van der Waals surface area (Å²) in [5.41, 5.74) is 2.86. The Kier molecular flexibility index (Phi) is 11.6. The van der Waals surface area contributed by atoms with Gasteiger partial charge in [0.2, 0.25) is 0 Å². The molecule has 1 atom stereocenters. The number of benzene rings is 3. The Labute approximate surface area is 294 Å². The maximum atomic E-state index is 14.4. The van der Waals surface area contributed by atoms with Gasteiger partial charge in [-0.2, -0.15) is 0 Å². The molecule has 0 saturated heterocycles. The average Bonchev–Trinajstić information content (AvgIpc) is 3.38. The molecule has 2 heterocycles. The summed E-state index contributed by atoms with van der Waals surface area (Å²) >= 11 is 1.21. The number of thiazole rings is 1. The van der Waals surface area contributed by atoms with Crippen molar-refractivity contribution in [1.29, 1.82) is 0 Å². The predicted octanol–water partition coefficient (Wildman–Crippen LogP) is 6.44. The molecular weight excluding hydrogens is 660 g/mol. The zero-order valence-corrected chi connectivity index (χ0v) is 29.9. The fourth-order valence-electron chi connectivity index (χ4n) is 5.73. The Morgan fingerprint density at radius 1 is 1.04 bits per heavy atom. The maximum Gasteiger partial charge on any atom is 0.338 e. The molecular formula is C39H41FN2O7S. The molecule has 1 aromatic heterocycles. The molecule has 0 N–H and O–H groups in total. The SMILES string of the molecule is C=CCc1cc(/C=c2\sc3n(c2=O)[C@@H](c2ccc(OC(C)C)c(OC)c2)C(C(=O)OCC)=C(C)N=3)cc(OCC)c1OCc1ccccc1F. The number of esters is 1. The molecule has 3 aromatic carbocycles. The molecule has 5 rings (SSSR count). The fourth-order valence-corrected chi connectivity index (χ4v) is 6.78. The Morgan fingerprint density at radius 2 is 1.82 bits per heavy atom. The van der Waals surface area contributed by atoms with Gasteiger partial charge in [-0.3, -0.25) is 9.36 Å². The summed E-state index contributed by atoms with van der Waals surface area (Å²) < 4.78 is 45.4. The first-order chi connectivity index (χ1) is 24.1. The smallest absolute Gasteiger partial charge is 0.338 e. The molecule has 0 amide bonds. The van der Waals surface area contributed by atoms with Crippen molar-refractivity contribution in [1.82, 2.24) is 4.57 Å². The van der Waals surface area contributed by atoms with E-state index in [9.17, 15) is 14.0 Å². The second-order valence-corrected chi connectivity index (χ2v) is 12.7.